The summed E-state index contributed by atoms with van der Waals surface area (Å²) in [6.07, 6.45) is 4.07. The van der Waals surface area contributed by atoms with E-state index >= 15 is 0 Å². The number of aryl methyl sites for hydroxylation is 1. The summed E-state index contributed by atoms with van der Waals surface area (Å²) in [4.78, 5) is 15.3. The van der Waals surface area contributed by atoms with Crippen LogP contribution in [0.4, 0.5) is 0 Å². The summed E-state index contributed by atoms with van der Waals surface area (Å²) in [5.74, 6) is 0.0848. The maximum atomic E-state index is 11.2. The first-order valence-corrected chi connectivity index (χ1v) is 5.18. The van der Waals surface area contributed by atoms with E-state index in [0.29, 0.717) is 19.5 Å². The first kappa shape index (κ1) is 11.7. The van der Waals surface area contributed by atoms with Crippen LogP contribution in [-0.4, -0.2) is 29.1 Å². The first-order valence-electron chi connectivity index (χ1n) is 5.18. The zero-order chi connectivity index (χ0) is 11.1. The van der Waals surface area contributed by atoms with Gasteiger partial charge < -0.3 is 15.2 Å². The van der Waals surface area contributed by atoms with Gasteiger partial charge in [0.25, 0.3) is 0 Å². The molecule has 0 fully saturated rings. The molecular weight excluding hydrogens is 192 g/mol. The molecule has 0 atom stereocenters. The van der Waals surface area contributed by atoms with Crippen molar-refractivity contribution in [3.8, 4) is 0 Å². The molecule has 1 aromatic rings. The van der Waals surface area contributed by atoms with Gasteiger partial charge in [-0.05, 0) is 14.0 Å². The third-order valence-electron chi connectivity index (χ3n) is 2.11. The molecule has 5 heteroatoms. The minimum Gasteiger partial charge on any atom is -0.356 e. The van der Waals surface area contributed by atoms with E-state index in [1.165, 1.54) is 0 Å². The lowest BCUT2D eigenvalue weighted by molar-refractivity contribution is -0.121. The molecule has 0 aliphatic carbocycles. The monoisotopic (exact) mass is 210 g/mol. The van der Waals surface area contributed by atoms with E-state index in [1.807, 2.05) is 24.7 Å². The highest BCUT2D eigenvalue weighted by Gasteiger charge is 2.03. The Bertz CT molecular complexity index is 308. The van der Waals surface area contributed by atoms with E-state index in [-0.39, 0.29) is 5.91 Å². The summed E-state index contributed by atoms with van der Waals surface area (Å²) in [6.45, 7) is 4.06. The highest BCUT2D eigenvalue weighted by Crippen LogP contribution is 2.00. The zero-order valence-corrected chi connectivity index (χ0v) is 9.29. The minimum atomic E-state index is 0.0848. The highest BCUT2D eigenvalue weighted by molar-refractivity contribution is 5.75. The third-order valence-corrected chi connectivity index (χ3v) is 2.11. The molecule has 0 aliphatic heterocycles. The number of hydrogen-bond donors (Lipinski definition) is 2. The summed E-state index contributed by atoms with van der Waals surface area (Å²) in [5, 5.41) is 5.83. The standard InChI is InChI=1S/C10H18N4O/c1-3-13-10(15)4-5-14-8-12-7-9(14)6-11-2/h7-8,11H,3-6H2,1-2H3,(H,13,15). The van der Waals surface area contributed by atoms with Crippen molar-refractivity contribution < 1.29 is 4.79 Å². The second-order valence-corrected chi connectivity index (χ2v) is 3.31. The van der Waals surface area contributed by atoms with Gasteiger partial charge in [-0.25, -0.2) is 4.98 Å². The van der Waals surface area contributed by atoms with E-state index in [1.54, 1.807) is 6.33 Å². The average molecular weight is 210 g/mol. The molecule has 1 rings (SSSR count). The SMILES string of the molecule is CCNC(=O)CCn1cncc1CNC. The molecule has 5 nitrogen and oxygen atoms in total. The van der Waals surface area contributed by atoms with Gasteiger partial charge in [0, 0.05) is 32.3 Å². The number of imidazole rings is 1. The van der Waals surface area contributed by atoms with Gasteiger partial charge in [-0.15, -0.1) is 0 Å². The molecule has 0 unspecified atom stereocenters. The fraction of sp³-hybridized carbons (Fsp3) is 0.600. The van der Waals surface area contributed by atoms with Crippen LogP contribution in [0.5, 0.6) is 0 Å². The fourth-order valence-electron chi connectivity index (χ4n) is 1.39. The maximum Gasteiger partial charge on any atom is 0.221 e. The van der Waals surface area contributed by atoms with Crippen LogP contribution in [0.25, 0.3) is 0 Å². The normalized spacial score (nSPS) is 10.3. The van der Waals surface area contributed by atoms with Crippen LogP contribution in [0.15, 0.2) is 12.5 Å². The molecule has 0 saturated carbocycles. The maximum absolute atomic E-state index is 11.2. The van der Waals surface area contributed by atoms with Gasteiger partial charge in [0.15, 0.2) is 0 Å². The molecule has 0 bridgehead atoms. The van der Waals surface area contributed by atoms with Crippen LogP contribution < -0.4 is 10.6 Å². The van der Waals surface area contributed by atoms with Crippen LogP contribution >= 0.6 is 0 Å². The molecule has 1 heterocycles. The fourth-order valence-corrected chi connectivity index (χ4v) is 1.39. The molecule has 0 aromatic carbocycles. The lowest BCUT2D eigenvalue weighted by atomic mass is 10.3. The molecule has 1 amide bonds. The van der Waals surface area contributed by atoms with Crippen molar-refractivity contribution >= 4 is 5.91 Å². The highest BCUT2D eigenvalue weighted by atomic mass is 16.1. The van der Waals surface area contributed by atoms with Gasteiger partial charge in [0.1, 0.15) is 0 Å². The molecule has 0 radical (unpaired) electrons. The van der Waals surface area contributed by atoms with Gasteiger partial charge in [-0.2, -0.15) is 0 Å². The summed E-state index contributed by atoms with van der Waals surface area (Å²) >= 11 is 0. The molecule has 15 heavy (non-hydrogen) atoms. The van der Waals surface area contributed by atoms with E-state index < -0.39 is 0 Å². The molecular formula is C10H18N4O. The van der Waals surface area contributed by atoms with Crippen LogP contribution in [0.1, 0.15) is 19.0 Å². The topological polar surface area (TPSA) is 59.0 Å². The Morgan fingerprint density at radius 2 is 2.40 bits per heavy atom. The molecule has 0 saturated heterocycles. The lowest BCUT2D eigenvalue weighted by Crippen LogP contribution is -2.24. The smallest absolute Gasteiger partial charge is 0.221 e. The minimum absolute atomic E-state index is 0.0848. The molecule has 0 aliphatic rings. The molecule has 2 N–H and O–H groups in total. The van der Waals surface area contributed by atoms with Crippen molar-refractivity contribution in [1.82, 2.24) is 20.2 Å². The quantitative estimate of drug-likeness (QED) is 0.701. The van der Waals surface area contributed by atoms with Crippen molar-refractivity contribution in [1.29, 1.82) is 0 Å². The van der Waals surface area contributed by atoms with Gasteiger partial charge >= 0.3 is 0 Å². The van der Waals surface area contributed by atoms with E-state index in [4.69, 9.17) is 0 Å². The van der Waals surface area contributed by atoms with Crippen molar-refractivity contribution in [3.05, 3.63) is 18.2 Å². The zero-order valence-electron chi connectivity index (χ0n) is 9.29. The number of hydrogen-bond acceptors (Lipinski definition) is 3. The van der Waals surface area contributed by atoms with Crippen molar-refractivity contribution in [3.63, 3.8) is 0 Å². The Balaban J connectivity index is 2.42. The van der Waals surface area contributed by atoms with E-state index in [9.17, 15) is 4.79 Å². The van der Waals surface area contributed by atoms with Gasteiger partial charge in [0.05, 0.1) is 12.0 Å². The lowest BCUT2D eigenvalue weighted by Gasteiger charge is -2.07. The van der Waals surface area contributed by atoms with Crippen LogP contribution in [-0.2, 0) is 17.9 Å². The van der Waals surface area contributed by atoms with Crippen LogP contribution in [0.2, 0.25) is 0 Å². The predicted molar refractivity (Wildman–Crippen MR) is 58.3 cm³/mol. The molecule has 1 aromatic heterocycles. The summed E-state index contributed by atoms with van der Waals surface area (Å²) in [7, 11) is 1.89. The van der Waals surface area contributed by atoms with Crippen LogP contribution in [0.3, 0.4) is 0 Å². The number of rotatable bonds is 6. The third kappa shape index (κ3) is 3.71. The summed E-state index contributed by atoms with van der Waals surface area (Å²) < 4.78 is 1.99. The van der Waals surface area contributed by atoms with Crippen molar-refractivity contribution in [2.45, 2.75) is 26.4 Å². The second-order valence-electron chi connectivity index (χ2n) is 3.31. The number of carbonyl (C=O) groups excluding carboxylic acids is 1. The number of aromatic nitrogens is 2. The van der Waals surface area contributed by atoms with Gasteiger partial charge in [-0.1, -0.05) is 0 Å². The number of nitrogens with zero attached hydrogens (tertiary/aromatic N) is 2. The molecule has 84 valence electrons. The van der Waals surface area contributed by atoms with Crippen molar-refractivity contribution in [2.75, 3.05) is 13.6 Å². The second kappa shape index (κ2) is 6.19. The predicted octanol–water partition coefficient (Wildman–Crippen LogP) is 0.129. The van der Waals surface area contributed by atoms with E-state index in [2.05, 4.69) is 15.6 Å². The van der Waals surface area contributed by atoms with Gasteiger partial charge in [0.2, 0.25) is 5.91 Å². The number of nitrogens with one attached hydrogen (secondary N) is 2. The number of amides is 1. The summed E-state index contributed by atoms with van der Waals surface area (Å²) in [6, 6.07) is 0. The Labute approximate surface area is 89.9 Å². The Morgan fingerprint density at radius 3 is 3.07 bits per heavy atom. The van der Waals surface area contributed by atoms with Crippen molar-refractivity contribution in [2.24, 2.45) is 0 Å². The average Bonchev–Trinajstić information content (AvgIpc) is 2.64. The Hall–Kier alpha value is -1.36. The van der Waals surface area contributed by atoms with Gasteiger partial charge in [-0.3, -0.25) is 4.79 Å². The number of carbonyl (C=O) groups is 1. The largest absolute Gasteiger partial charge is 0.356 e. The Morgan fingerprint density at radius 1 is 1.60 bits per heavy atom. The van der Waals surface area contributed by atoms with E-state index in [0.717, 1.165) is 12.2 Å². The summed E-state index contributed by atoms with van der Waals surface area (Å²) in [5.41, 5.74) is 1.10. The van der Waals surface area contributed by atoms with Crippen LogP contribution in [0, 0.1) is 0 Å². The molecule has 0 spiro atoms. The first-order chi connectivity index (χ1) is 7.27. The Kier molecular flexibility index (Phi) is 4.83.